The van der Waals surface area contributed by atoms with Crippen molar-refractivity contribution in [1.29, 1.82) is 0 Å². The number of ketones is 1. The van der Waals surface area contributed by atoms with E-state index in [1.807, 2.05) is 0 Å². The second kappa shape index (κ2) is 11.2. The summed E-state index contributed by atoms with van der Waals surface area (Å²) in [4.78, 5) is 11.5. The zero-order chi connectivity index (χ0) is 12.2. The van der Waals surface area contributed by atoms with Gasteiger partial charge >= 0.3 is 0 Å². The van der Waals surface area contributed by atoms with Crippen LogP contribution < -0.4 is 0 Å². The van der Waals surface area contributed by atoms with E-state index in [4.69, 9.17) is 0 Å². The quantitative estimate of drug-likeness (QED) is 0.446. The van der Waals surface area contributed by atoms with Gasteiger partial charge in [-0.2, -0.15) is 0 Å². The van der Waals surface area contributed by atoms with Crippen LogP contribution in [0.3, 0.4) is 0 Å². The van der Waals surface area contributed by atoms with Crippen molar-refractivity contribution in [3.8, 4) is 0 Å². The van der Waals surface area contributed by atoms with Crippen molar-refractivity contribution < 1.29 is 4.79 Å². The number of hydrogen-bond donors (Lipinski definition) is 0. The molecule has 0 spiro atoms. The highest BCUT2D eigenvalue weighted by molar-refractivity contribution is 5.78. The van der Waals surface area contributed by atoms with Gasteiger partial charge < -0.3 is 0 Å². The van der Waals surface area contributed by atoms with Gasteiger partial charge in [0.25, 0.3) is 0 Å². The van der Waals surface area contributed by atoms with Gasteiger partial charge in [-0.3, -0.25) is 4.79 Å². The molecule has 0 N–H and O–H groups in total. The van der Waals surface area contributed by atoms with Gasteiger partial charge in [-0.25, -0.2) is 0 Å². The summed E-state index contributed by atoms with van der Waals surface area (Å²) in [5, 5.41) is 0. The van der Waals surface area contributed by atoms with Gasteiger partial charge in [-0.05, 0) is 18.8 Å². The highest BCUT2D eigenvalue weighted by atomic mass is 16.1. The second-order valence-electron chi connectivity index (χ2n) is 4.92. The number of rotatable bonds is 11. The minimum atomic E-state index is 0.484. The van der Waals surface area contributed by atoms with Crippen LogP contribution in [0.1, 0.15) is 85.0 Å². The van der Waals surface area contributed by atoms with Crippen molar-refractivity contribution >= 4 is 5.78 Å². The van der Waals surface area contributed by atoms with E-state index in [0.717, 1.165) is 31.6 Å². The van der Waals surface area contributed by atoms with Gasteiger partial charge in [0, 0.05) is 12.8 Å². The molecule has 0 atom stereocenters. The SMILES string of the molecule is CCCCCC(=O)CCCCC(CC)CC. The fourth-order valence-electron chi connectivity index (χ4n) is 2.15. The molecular weight excluding hydrogens is 196 g/mol. The van der Waals surface area contributed by atoms with Crippen LogP contribution in [-0.2, 0) is 4.79 Å². The Morgan fingerprint density at radius 2 is 1.44 bits per heavy atom. The molecule has 1 heteroatoms. The highest BCUT2D eigenvalue weighted by Crippen LogP contribution is 2.17. The molecule has 1 nitrogen and oxygen atoms in total. The molecule has 0 heterocycles. The summed E-state index contributed by atoms with van der Waals surface area (Å²) in [6, 6.07) is 0. The van der Waals surface area contributed by atoms with Crippen LogP contribution in [0.4, 0.5) is 0 Å². The van der Waals surface area contributed by atoms with E-state index in [9.17, 15) is 4.79 Å². The smallest absolute Gasteiger partial charge is 0.132 e. The maximum absolute atomic E-state index is 11.5. The summed E-state index contributed by atoms with van der Waals surface area (Å²) in [6.07, 6.45) is 11.4. The second-order valence-corrected chi connectivity index (χ2v) is 4.92. The van der Waals surface area contributed by atoms with Gasteiger partial charge in [-0.15, -0.1) is 0 Å². The Morgan fingerprint density at radius 3 is 1.94 bits per heavy atom. The van der Waals surface area contributed by atoms with Crippen LogP contribution in [0.15, 0.2) is 0 Å². The molecule has 0 rings (SSSR count). The molecule has 0 radical (unpaired) electrons. The van der Waals surface area contributed by atoms with Crippen LogP contribution >= 0.6 is 0 Å². The van der Waals surface area contributed by atoms with E-state index >= 15 is 0 Å². The van der Waals surface area contributed by atoms with Crippen LogP contribution in [0.5, 0.6) is 0 Å². The normalized spacial score (nSPS) is 11.0. The third-order valence-corrected chi connectivity index (χ3v) is 3.53. The Hall–Kier alpha value is -0.330. The highest BCUT2D eigenvalue weighted by Gasteiger charge is 2.05. The molecule has 0 bridgehead atoms. The van der Waals surface area contributed by atoms with Gasteiger partial charge in [0.05, 0.1) is 0 Å². The molecule has 0 saturated carbocycles. The van der Waals surface area contributed by atoms with E-state index in [1.165, 1.54) is 38.5 Å². The van der Waals surface area contributed by atoms with E-state index < -0.39 is 0 Å². The molecule has 0 unspecified atom stereocenters. The van der Waals surface area contributed by atoms with E-state index in [0.29, 0.717) is 5.78 Å². The first kappa shape index (κ1) is 15.7. The monoisotopic (exact) mass is 226 g/mol. The zero-order valence-corrected chi connectivity index (χ0v) is 11.6. The van der Waals surface area contributed by atoms with Crippen molar-refractivity contribution in [1.82, 2.24) is 0 Å². The fraction of sp³-hybridized carbons (Fsp3) is 0.933. The Kier molecular flexibility index (Phi) is 10.9. The molecule has 0 saturated heterocycles. The Labute approximate surface area is 102 Å². The molecule has 0 amide bonds. The summed E-state index contributed by atoms with van der Waals surface area (Å²) in [5.74, 6) is 1.37. The van der Waals surface area contributed by atoms with Crippen molar-refractivity contribution in [3.63, 3.8) is 0 Å². The van der Waals surface area contributed by atoms with Crippen LogP contribution in [-0.4, -0.2) is 5.78 Å². The predicted octanol–water partition coefficient (Wildman–Crippen LogP) is 5.13. The summed E-state index contributed by atoms with van der Waals surface area (Å²) >= 11 is 0. The average molecular weight is 226 g/mol. The molecule has 0 aliphatic rings. The first-order valence-electron chi connectivity index (χ1n) is 7.26. The zero-order valence-electron chi connectivity index (χ0n) is 11.6. The third kappa shape index (κ3) is 8.94. The first-order valence-corrected chi connectivity index (χ1v) is 7.26. The molecule has 0 fully saturated rings. The predicted molar refractivity (Wildman–Crippen MR) is 71.7 cm³/mol. The number of carbonyl (C=O) groups is 1. The molecule has 16 heavy (non-hydrogen) atoms. The largest absolute Gasteiger partial charge is 0.300 e. The minimum absolute atomic E-state index is 0.484. The molecule has 0 aromatic rings. The van der Waals surface area contributed by atoms with E-state index in [-0.39, 0.29) is 0 Å². The van der Waals surface area contributed by atoms with E-state index in [1.54, 1.807) is 0 Å². The van der Waals surface area contributed by atoms with Crippen molar-refractivity contribution in [2.24, 2.45) is 5.92 Å². The summed E-state index contributed by atoms with van der Waals surface area (Å²) in [5.41, 5.74) is 0. The Balaban J connectivity index is 3.33. The molecule has 0 aliphatic carbocycles. The lowest BCUT2D eigenvalue weighted by molar-refractivity contribution is -0.119. The van der Waals surface area contributed by atoms with Crippen LogP contribution in [0.2, 0.25) is 0 Å². The lowest BCUT2D eigenvalue weighted by Crippen LogP contribution is -2.00. The lowest BCUT2D eigenvalue weighted by Gasteiger charge is -2.11. The van der Waals surface area contributed by atoms with Gasteiger partial charge in [0.15, 0.2) is 0 Å². The van der Waals surface area contributed by atoms with Crippen molar-refractivity contribution in [3.05, 3.63) is 0 Å². The maximum Gasteiger partial charge on any atom is 0.132 e. The Morgan fingerprint density at radius 1 is 0.875 bits per heavy atom. The summed E-state index contributed by atoms with van der Waals surface area (Å²) < 4.78 is 0. The van der Waals surface area contributed by atoms with Gasteiger partial charge in [0.2, 0.25) is 0 Å². The van der Waals surface area contributed by atoms with Crippen molar-refractivity contribution in [2.75, 3.05) is 0 Å². The van der Waals surface area contributed by atoms with Gasteiger partial charge in [0.1, 0.15) is 5.78 Å². The van der Waals surface area contributed by atoms with Gasteiger partial charge in [-0.1, -0.05) is 59.3 Å². The summed E-state index contributed by atoms with van der Waals surface area (Å²) in [7, 11) is 0. The van der Waals surface area contributed by atoms with E-state index in [2.05, 4.69) is 20.8 Å². The molecule has 0 aliphatic heterocycles. The lowest BCUT2D eigenvalue weighted by atomic mass is 9.95. The summed E-state index contributed by atoms with van der Waals surface area (Å²) in [6.45, 7) is 6.72. The number of carbonyl (C=O) groups excluding carboxylic acids is 1. The molecule has 96 valence electrons. The number of hydrogen-bond acceptors (Lipinski definition) is 1. The first-order chi connectivity index (χ1) is 7.74. The average Bonchev–Trinajstić information content (AvgIpc) is 2.30. The molecule has 0 aromatic heterocycles. The number of Topliss-reactive ketones (excluding diaryl/α,β-unsaturated/α-hetero) is 1. The fourth-order valence-corrected chi connectivity index (χ4v) is 2.15. The standard InChI is InChI=1S/C15H30O/c1-4-7-8-12-15(16)13-10-9-11-14(5-2)6-3/h14H,4-13H2,1-3H3. The Bertz CT molecular complexity index is 159. The third-order valence-electron chi connectivity index (χ3n) is 3.53. The van der Waals surface area contributed by atoms with Crippen LogP contribution in [0, 0.1) is 5.92 Å². The van der Waals surface area contributed by atoms with Crippen LogP contribution in [0.25, 0.3) is 0 Å². The maximum atomic E-state index is 11.5. The number of unbranched alkanes of at least 4 members (excludes halogenated alkanes) is 3. The molecular formula is C15H30O. The van der Waals surface area contributed by atoms with Crippen molar-refractivity contribution in [2.45, 2.75) is 85.0 Å². The minimum Gasteiger partial charge on any atom is -0.300 e. The molecule has 0 aromatic carbocycles. The topological polar surface area (TPSA) is 17.1 Å².